The Hall–Kier alpha value is -2.92. The van der Waals surface area contributed by atoms with Crippen molar-refractivity contribution >= 4 is 23.2 Å². The molecule has 0 aromatic heterocycles. The van der Waals surface area contributed by atoms with Crippen LogP contribution in [0.15, 0.2) is 54.6 Å². The first-order valence-electron chi connectivity index (χ1n) is 9.16. The quantitative estimate of drug-likeness (QED) is 0.870. The number of aryl methyl sites for hydroxylation is 2. The number of carbonyl (C=O) groups excluding carboxylic acids is 2. The molecular formula is C22H25N3O2. The number of urea groups is 1. The van der Waals surface area contributed by atoms with Crippen LogP contribution in [0.25, 0.3) is 5.57 Å². The molecule has 3 rings (SSSR count). The SMILES string of the molecule is Cc1ccc(NC(=O)NC(=O)CN2CC=C(c3ccccc3)CC2)c(C)c1. The van der Waals surface area contributed by atoms with E-state index in [0.717, 1.165) is 24.1 Å². The molecule has 0 atom stereocenters. The first-order valence-corrected chi connectivity index (χ1v) is 9.16. The van der Waals surface area contributed by atoms with E-state index in [2.05, 4.69) is 28.8 Å². The highest BCUT2D eigenvalue weighted by Gasteiger charge is 2.17. The Balaban J connectivity index is 1.48. The normalized spacial score (nSPS) is 14.4. The fraction of sp³-hybridized carbons (Fsp3) is 0.273. The number of carbonyl (C=O) groups is 2. The summed E-state index contributed by atoms with van der Waals surface area (Å²) in [6.45, 7) is 5.63. The number of rotatable bonds is 4. The number of anilines is 1. The standard InChI is InChI=1S/C22H25N3O2/c1-16-8-9-20(17(2)14-16)23-22(27)24-21(26)15-25-12-10-19(11-13-25)18-6-4-3-5-7-18/h3-10,14H,11-13,15H2,1-2H3,(H2,23,24,26,27). The fourth-order valence-corrected chi connectivity index (χ4v) is 3.25. The summed E-state index contributed by atoms with van der Waals surface area (Å²) in [6, 6.07) is 15.5. The molecular weight excluding hydrogens is 338 g/mol. The summed E-state index contributed by atoms with van der Waals surface area (Å²) in [5.74, 6) is -0.297. The van der Waals surface area contributed by atoms with Gasteiger partial charge in [-0.15, -0.1) is 0 Å². The average molecular weight is 363 g/mol. The second-order valence-corrected chi connectivity index (χ2v) is 6.90. The molecule has 2 aromatic rings. The van der Waals surface area contributed by atoms with Gasteiger partial charge in [0.15, 0.2) is 0 Å². The summed E-state index contributed by atoms with van der Waals surface area (Å²) < 4.78 is 0. The molecule has 1 aliphatic heterocycles. The second kappa shape index (κ2) is 8.64. The summed E-state index contributed by atoms with van der Waals surface area (Å²) in [7, 11) is 0. The predicted octanol–water partition coefficient (Wildman–Crippen LogP) is 3.74. The van der Waals surface area contributed by atoms with Crippen LogP contribution in [0.5, 0.6) is 0 Å². The highest BCUT2D eigenvalue weighted by atomic mass is 16.2. The third-order valence-electron chi connectivity index (χ3n) is 4.69. The van der Waals surface area contributed by atoms with Crippen molar-refractivity contribution in [2.24, 2.45) is 0 Å². The van der Waals surface area contributed by atoms with E-state index >= 15 is 0 Å². The summed E-state index contributed by atoms with van der Waals surface area (Å²) in [5.41, 5.74) is 5.34. The van der Waals surface area contributed by atoms with E-state index in [1.807, 2.05) is 55.1 Å². The minimum Gasteiger partial charge on any atom is -0.307 e. The van der Waals surface area contributed by atoms with E-state index < -0.39 is 6.03 Å². The molecule has 27 heavy (non-hydrogen) atoms. The lowest BCUT2D eigenvalue weighted by molar-refractivity contribution is -0.121. The highest BCUT2D eigenvalue weighted by molar-refractivity contribution is 6.02. The van der Waals surface area contributed by atoms with Crippen molar-refractivity contribution in [2.45, 2.75) is 20.3 Å². The Morgan fingerprint density at radius 2 is 1.85 bits per heavy atom. The molecule has 0 aliphatic carbocycles. The van der Waals surface area contributed by atoms with Crippen LogP contribution in [0, 0.1) is 13.8 Å². The van der Waals surface area contributed by atoms with E-state index in [0.29, 0.717) is 12.2 Å². The van der Waals surface area contributed by atoms with Gasteiger partial charge in [-0.3, -0.25) is 15.0 Å². The molecule has 0 unspecified atom stereocenters. The molecule has 1 aliphatic rings. The molecule has 2 aromatic carbocycles. The number of nitrogens with one attached hydrogen (secondary N) is 2. The lowest BCUT2D eigenvalue weighted by atomic mass is 10.00. The lowest BCUT2D eigenvalue weighted by Gasteiger charge is -2.25. The van der Waals surface area contributed by atoms with Crippen molar-refractivity contribution in [2.75, 3.05) is 25.0 Å². The van der Waals surface area contributed by atoms with E-state index in [9.17, 15) is 9.59 Å². The minimum atomic E-state index is -0.496. The molecule has 1 heterocycles. The Bertz CT molecular complexity index is 859. The topological polar surface area (TPSA) is 61.4 Å². The van der Waals surface area contributed by atoms with Crippen molar-refractivity contribution in [3.63, 3.8) is 0 Å². The maximum atomic E-state index is 12.2. The first kappa shape index (κ1) is 18.9. The first-order chi connectivity index (χ1) is 13.0. The van der Waals surface area contributed by atoms with Crippen molar-refractivity contribution < 1.29 is 9.59 Å². The molecule has 0 saturated heterocycles. The summed E-state index contributed by atoms with van der Waals surface area (Å²) in [6.07, 6.45) is 3.05. The fourth-order valence-electron chi connectivity index (χ4n) is 3.25. The van der Waals surface area contributed by atoms with Crippen LogP contribution in [0.3, 0.4) is 0 Å². The Kier molecular flexibility index (Phi) is 6.04. The molecule has 5 heteroatoms. The van der Waals surface area contributed by atoms with Gasteiger partial charge >= 0.3 is 6.03 Å². The van der Waals surface area contributed by atoms with Gasteiger partial charge in [-0.1, -0.05) is 54.1 Å². The van der Waals surface area contributed by atoms with E-state index in [4.69, 9.17) is 0 Å². The highest BCUT2D eigenvalue weighted by Crippen LogP contribution is 2.21. The molecule has 0 saturated carbocycles. The van der Waals surface area contributed by atoms with Crippen LogP contribution < -0.4 is 10.6 Å². The number of imide groups is 1. The monoisotopic (exact) mass is 363 g/mol. The Morgan fingerprint density at radius 3 is 2.52 bits per heavy atom. The largest absolute Gasteiger partial charge is 0.325 e. The molecule has 0 radical (unpaired) electrons. The number of hydrogen-bond donors (Lipinski definition) is 2. The van der Waals surface area contributed by atoms with Crippen molar-refractivity contribution in [1.82, 2.24) is 10.2 Å². The molecule has 3 amide bonds. The van der Waals surface area contributed by atoms with Crippen LogP contribution in [-0.4, -0.2) is 36.5 Å². The zero-order chi connectivity index (χ0) is 19.2. The zero-order valence-electron chi connectivity index (χ0n) is 15.8. The molecule has 140 valence electrons. The summed E-state index contributed by atoms with van der Waals surface area (Å²) in [5, 5.41) is 5.14. The molecule has 0 fully saturated rings. The number of hydrogen-bond acceptors (Lipinski definition) is 3. The van der Waals surface area contributed by atoms with Gasteiger partial charge in [0.2, 0.25) is 5.91 Å². The van der Waals surface area contributed by atoms with Crippen LogP contribution in [-0.2, 0) is 4.79 Å². The maximum Gasteiger partial charge on any atom is 0.325 e. The third kappa shape index (κ3) is 5.28. The number of amides is 3. The zero-order valence-corrected chi connectivity index (χ0v) is 15.8. The van der Waals surface area contributed by atoms with Gasteiger partial charge in [0, 0.05) is 18.8 Å². The van der Waals surface area contributed by atoms with Crippen LogP contribution >= 0.6 is 0 Å². The predicted molar refractivity (Wildman–Crippen MR) is 109 cm³/mol. The van der Waals surface area contributed by atoms with E-state index in [1.165, 1.54) is 11.1 Å². The summed E-state index contributed by atoms with van der Waals surface area (Å²) >= 11 is 0. The Morgan fingerprint density at radius 1 is 1.07 bits per heavy atom. The second-order valence-electron chi connectivity index (χ2n) is 6.90. The lowest BCUT2D eigenvalue weighted by Crippen LogP contribution is -2.43. The van der Waals surface area contributed by atoms with Gasteiger partial charge in [0.05, 0.1) is 6.54 Å². The molecule has 2 N–H and O–H groups in total. The number of benzene rings is 2. The van der Waals surface area contributed by atoms with Gasteiger partial charge in [-0.25, -0.2) is 4.79 Å². The smallest absolute Gasteiger partial charge is 0.307 e. The van der Waals surface area contributed by atoms with Crippen LogP contribution in [0.2, 0.25) is 0 Å². The Labute approximate surface area is 160 Å². The van der Waals surface area contributed by atoms with Crippen molar-refractivity contribution in [1.29, 1.82) is 0 Å². The summed E-state index contributed by atoms with van der Waals surface area (Å²) in [4.78, 5) is 26.3. The third-order valence-corrected chi connectivity index (χ3v) is 4.69. The maximum absolute atomic E-state index is 12.2. The van der Waals surface area contributed by atoms with Crippen molar-refractivity contribution in [3.8, 4) is 0 Å². The van der Waals surface area contributed by atoms with Gasteiger partial charge in [0.25, 0.3) is 0 Å². The van der Waals surface area contributed by atoms with Gasteiger partial charge in [-0.05, 0) is 43.0 Å². The van der Waals surface area contributed by atoms with E-state index in [1.54, 1.807) is 0 Å². The van der Waals surface area contributed by atoms with E-state index in [-0.39, 0.29) is 12.5 Å². The molecule has 5 nitrogen and oxygen atoms in total. The van der Waals surface area contributed by atoms with Gasteiger partial charge in [0.1, 0.15) is 0 Å². The molecule has 0 spiro atoms. The molecule has 0 bridgehead atoms. The van der Waals surface area contributed by atoms with Gasteiger partial charge in [-0.2, -0.15) is 0 Å². The minimum absolute atomic E-state index is 0.207. The van der Waals surface area contributed by atoms with Crippen molar-refractivity contribution in [3.05, 3.63) is 71.3 Å². The number of nitrogens with zero attached hydrogens (tertiary/aromatic N) is 1. The van der Waals surface area contributed by atoms with Crippen LogP contribution in [0.1, 0.15) is 23.1 Å². The average Bonchev–Trinajstić information content (AvgIpc) is 2.65. The van der Waals surface area contributed by atoms with Gasteiger partial charge < -0.3 is 5.32 Å². The van der Waals surface area contributed by atoms with Crippen LogP contribution in [0.4, 0.5) is 10.5 Å².